The summed E-state index contributed by atoms with van der Waals surface area (Å²) >= 11 is 3.39. The minimum atomic E-state index is 0.177. The first kappa shape index (κ1) is 16.0. The molecule has 0 aliphatic rings. The van der Waals surface area contributed by atoms with Crippen molar-refractivity contribution in [1.82, 2.24) is 4.98 Å². The number of hydrogen-bond acceptors (Lipinski definition) is 3. The highest BCUT2D eigenvalue weighted by atomic mass is 79.9. The summed E-state index contributed by atoms with van der Waals surface area (Å²) in [5.74, 6) is 1.33. The van der Waals surface area contributed by atoms with Gasteiger partial charge in [-0.25, -0.2) is 4.98 Å². The molecule has 112 valence electrons. The van der Waals surface area contributed by atoms with Crippen LogP contribution in [-0.2, 0) is 12.0 Å². The maximum absolute atomic E-state index is 5.84. The molecule has 0 atom stereocenters. The monoisotopic (exact) mass is 348 g/mol. The van der Waals surface area contributed by atoms with Gasteiger partial charge in [-0.15, -0.1) is 0 Å². The third-order valence-electron chi connectivity index (χ3n) is 3.85. The van der Waals surface area contributed by atoms with E-state index in [-0.39, 0.29) is 5.41 Å². The van der Waals surface area contributed by atoms with Gasteiger partial charge in [-0.05, 0) is 51.5 Å². The first-order valence-electron chi connectivity index (χ1n) is 7.09. The first-order chi connectivity index (χ1) is 9.96. The van der Waals surface area contributed by atoms with E-state index in [2.05, 4.69) is 53.8 Å². The van der Waals surface area contributed by atoms with Gasteiger partial charge < -0.3 is 10.5 Å². The van der Waals surface area contributed by atoms with E-state index in [0.717, 1.165) is 22.2 Å². The van der Waals surface area contributed by atoms with Crippen molar-refractivity contribution in [3.05, 3.63) is 52.1 Å². The van der Waals surface area contributed by atoms with Gasteiger partial charge in [0.25, 0.3) is 0 Å². The molecular formula is C17H21BrN2O. The topological polar surface area (TPSA) is 48.1 Å². The number of nitrogens with two attached hydrogens (primary N) is 1. The summed E-state index contributed by atoms with van der Waals surface area (Å²) in [5, 5.41) is 0. The van der Waals surface area contributed by atoms with E-state index in [1.54, 1.807) is 6.20 Å². The lowest BCUT2D eigenvalue weighted by molar-refractivity contribution is 0.454. The molecule has 0 fully saturated rings. The molecule has 0 amide bonds. The zero-order valence-electron chi connectivity index (χ0n) is 12.7. The van der Waals surface area contributed by atoms with Gasteiger partial charge in [0.2, 0.25) is 5.88 Å². The van der Waals surface area contributed by atoms with Crippen LogP contribution in [0.15, 0.2) is 41.0 Å². The first-order valence-corrected chi connectivity index (χ1v) is 7.88. The van der Waals surface area contributed by atoms with E-state index in [1.807, 2.05) is 18.2 Å². The number of rotatable bonds is 5. The number of halogens is 1. The lowest BCUT2D eigenvalue weighted by Gasteiger charge is -2.23. The van der Waals surface area contributed by atoms with E-state index >= 15 is 0 Å². The number of pyridine rings is 1. The van der Waals surface area contributed by atoms with Crippen LogP contribution < -0.4 is 10.5 Å². The van der Waals surface area contributed by atoms with E-state index in [9.17, 15) is 0 Å². The summed E-state index contributed by atoms with van der Waals surface area (Å²) in [6.07, 6.45) is 2.81. The van der Waals surface area contributed by atoms with Crippen LogP contribution in [-0.4, -0.2) is 4.98 Å². The van der Waals surface area contributed by atoms with Gasteiger partial charge >= 0.3 is 0 Å². The average Bonchev–Trinajstić information content (AvgIpc) is 2.49. The summed E-state index contributed by atoms with van der Waals surface area (Å²) < 4.78 is 6.74. The molecule has 4 heteroatoms. The Bertz CT molecular complexity index is 609. The van der Waals surface area contributed by atoms with Gasteiger partial charge in [-0.3, -0.25) is 0 Å². The molecule has 0 bridgehead atoms. The number of nitrogens with zero attached hydrogens (tertiary/aromatic N) is 1. The zero-order chi connectivity index (χ0) is 15.5. The van der Waals surface area contributed by atoms with Crippen LogP contribution in [0.4, 0.5) is 0 Å². The molecule has 2 aromatic rings. The molecule has 2 rings (SSSR count). The quantitative estimate of drug-likeness (QED) is 0.845. The van der Waals surface area contributed by atoms with Crippen LogP contribution in [0.3, 0.4) is 0 Å². The smallest absolute Gasteiger partial charge is 0.223 e. The highest BCUT2D eigenvalue weighted by Gasteiger charge is 2.17. The third-order valence-corrected chi connectivity index (χ3v) is 4.28. The molecule has 1 aromatic heterocycles. The number of aromatic nitrogens is 1. The molecular weight excluding hydrogens is 328 g/mol. The molecule has 0 saturated heterocycles. The molecule has 1 aromatic carbocycles. The van der Waals surface area contributed by atoms with Crippen LogP contribution >= 0.6 is 15.9 Å². The molecule has 0 aliphatic carbocycles. The predicted octanol–water partition coefficient (Wildman–Crippen LogP) is 4.78. The fourth-order valence-corrected chi connectivity index (χ4v) is 2.38. The Morgan fingerprint density at radius 3 is 2.48 bits per heavy atom. The van der Waals surface area contributed by atoms with Gasteiger partial charge in [-0.1, -0.05) is 32.9 Å². The highest BCUT2D eigenvalue weighted by molar-refractivity contribution is 9.10. The normalized spacial score (nSPS) is 11.5. The Hall–Kier alpha value is -1.39. The second-order valence-electron chi connectivity index (χ2n) is 5.69. The van der Waals surface area contributed by atoms with Crippen molar-refractivity contribution >= 4 is 15.9 Å². The second-order valence-corrected chi connectivity index (χ2v) is 6.60. The van der Waals surface area contributed by atoms with Gasteiger partial charge in [-0.2, -0.15) is 0 Å². The summed E-state index contributed by atoms with van der Waals surface area (Å²) in [7, 11) is 0. The minimum absolute atomic E-state index is 0.177. The summed E-state index contributed by atoms with van der Waals surface area (Å²) in [6.45, 7) is 7.07. The Morgan fingerprint density at radius 1 is 1.24 bits per heavy atom. The second kappa shape index (κ2) is 6.58. The Kier molecular flexibility index (Phi) is 5.01. The lowest BCUT2D eigenvalue weighted by Crippen LogP contribution is -2.14. The van der Waals surface area contributed by atoms with Crippen molar-refractivity contribution in [2.45, 2.75) is 39.2 Å². The van der Waals surface area contributed by atoms with E-state index in [0.29, 0.717) is 12.4 Å². The summed E-state index contributed by atoms with van der Waals surface area (Å²) in [6, 6.07) is 10.1. The molecule has 0 spiro atoms. The molecule has 0 unspecified atom stereocenters. The highest BCUT2D eigenvalue weighted by Crippen LogP contribution is 2.30. The summed E-state index contributed by atoms with van der Waals surface area (Å²) in [4.78, 5) is 4.28. The third kappa shape index (κ3) is 3.83. The predicted molar refractivity (Wildman–Crippen MR) is 89.7 cm³/mol. The largest absolute Gasteiger partial charge is 0.439 e. The van der Waals surface area contributed by atoms with Crippen LogP contribution in [0.2, 0.25) is 0 Å². The molecule has 3 nitrogen and oxygen atoms in total. The summed E-state index contributed by atoms with van der Waals surface area (Å²) in [5.41, 5.74) is 8.09. The maximum atomic E-state index is 5.84. The average molecular weight is 349 g/mol. The van der Waals surface area contributed by atoms with Gasteiger partial charge in [0, 0.05) is 22.8 Å². The van der Waals surface area contributed by atoms with Crippen molar-refractivity contribution in [1.29, 1.82) is 0 Å². The lowest BCUT2D eigenvalue weighted by atomic mass is 9.82. The fourth-order valence-electron chi connectivity index (χ4n) is 2.00. The SMILES string of the molecule is CCC(C)(C)c1ccc(Oc2ncc(Br)cc2CN)cc1. The number of ether oxygens (including phenoxy) is 1. The van der Waals surface area contributed by atoms with Crippen molar-refractivity contribution in [3.63, 3.8) is 0 Å². The van der Waals surface area contributed by atoms with Crippen molar-refractivity contribution in [2.75, 3.05) is 0 Å². The van der Waals surface area contributed by atoms with Gasteiger partial charge in [0.15, 0.2) is 0 Å². The van der Waals surface area contributed by atoms with E-state index < -0.39 is 0 Å². The Labute approximate surface area is 134 Å². The molecule has 21 heavy (non-hydrogen) atoms. The van der Waals surface area contributed by atoms with Crippen LogP contribution in [0.5, 0.6) is 11.6 Å². The van der Waals surface area contributed by atoms with Crippen LogP contribution in [0, 0.1) is 0 Å². The molecule has 0 radical (unpaired) electrons. The number of hydrogen-bond donors (Lipinski definition) is 1. The van der Waals surface area contributed by atoms with Crippen LogP contribution in [0.1, 0.15) is 38.3 Å². The minimum Gasteiger partial charge on any atom is -0.439 e. The van der Waals surface area contributed by atoms with Crippen molar-refractivity contribution in [3.8, 4) is 11.6 Å². The van der Waals surface area contributed by atoms with Gasteiger partial charge in [0.05, 0.1) is 0 Å². The maximum Gasteiger partial charge on any atom is 0.223 e. The molecule has 1 heterocycles. The fraction of sp³-hybridized carbons (Fsp3) is 0.353. The van der Waals surface area contributed by atoms with E-state index in [4.69, 9.17) is 10.5 Å². The van der Waals surface area contributed by atoms with Crippen LogP contribution in [0.25, 0.3) is 0 Å². The Morgan fingerprint density at radius 2 is 1.90 bits per heavy atom. The molecule has 0 saturated carbocycles. The Balaban J connectivity index is 2.21. The van der Waals surface area contributed by atoms with Crippen molar-refractivity contribution in [2.24, 2.45) is 5.73 Å². The molecule has 0 aliphatic heterocycles. The van der Waals surface area contributed by atoms with Crippen molar-refractivity contribution < 1.29 is 4.74 Å². The van der Waals surface area contributed by atoms with E-state index in [1.165, 1.54) is 5.56 Å². The van der Waals surface area contributed by atoms with Gasteiger partial charge in [0.1, 0.15) is 5.75 Å². The molecule has 2 N–H and O–H groups in total. The number of benzene rings is 1. The standard InChI is InChI=1S/C17H21BrN2O/c1-4-17(2,3)13-5-7-15(8-6-13)21-16-12(10-19)9-14(18)11-20-16/h5-9,11H,4,10,19H2,1-3H3. The zero-order valence-corrected chi connectivity index (χ0v) is 14.3.